The molecule has 0 aromatic heterocycles. The summed E-state index contributed by atoms with van der Waals surface area (Å²) in [6.07, 6.45) is 0. The van der Waals surface area contributed by atoms with Crippen LogP contribution in [0.15, 0.2) is 24.3 Å². The largest absolute Gasteiger partial charge is 0.376 e. The van der Waals surface area contributed by atoms with Crippen molar-refractivity contribution in [1.82, 2.24) is 0 Å². The Bertz CT molecular complexity index is 288. The second-order valence-corrected chi connectivity index (χ2v) is 2.45. The van der Waals surface area contributed by atoms with E-state index in [1.165, 1.54) is 6.07 Å². The highest BCUT2D eigenvalue weighted by Gasteiger charge is 2.11. The fraction of sp³-hybridized carbons (Fsp3) is 0. The van der Waals surface area contributed by atoms with E-state index < -0.39 is 5.97 Å². The molecule has 0 spiro atoms. The quantitative estimate of drug-likeness (QED) is 0.552. The molecule has 3 nitrogen and oxygen atoms in total. The van der Waals surface area contributed by atoms with Crippen LogP contribution in [0.4, 0.5) is 0 Å². The van der Waals surface area contributed by atoms with Crippen LogP contribution in [0.1, 0.15) is 10.4 Å². The van der Waals surface area contributed by atoms with Gasteiger partial charge in [0.05, 0.1) is 10.6 Å². The van der Waals surface area contributed by atoms with Gasteiger partial charge < -0.3 is 0 Å². The molecule has 0 aliphatic rings. The van der Waals surface area contributed by atoms with Gasteiger partial charge in [-0.1, -0.05) is 28.2 Å². The Labute approximate surface area is 78.9 Å². The molecule has 5 heteroatoms. The average Bonchev–Trinajstić information content (AvgIpc) is 2.05. The molecule has 0 bridgehead atoms. The summed E-state index contributed by atoms with van der Waals surface area (Å²) in [5, 5.41) is 0.288. The minimum atomic E-state index is -0.726. The third kappa shape index (κ3) is 2.11. The molecule has 1 aromatic carbocycles. The third-order valence-corrected chi connectivity index (χ3v) is 1.59. The maximum absolute atomic E-state index is 10.9. The van der Waals surface area contributed by atoms with E-state index >= 15 is 0 Å². The van der Waals surface area contributed by atoms with Crippen molar-refractivity contribution in [2.75, 3.05) is 0 Å². The van der Waals surface area contributed by atoms with Crippen molar-refractivity contribution in [2.24, 2.45) is 0 Å². The number of halogens is 2. The molecule has 0 fully saturated rings. The SMILES string of the molecule is O=C(OOCl)c1ccccc1Cl. The van der Waals surface area contributed by atoms with Crippen LogP contribution < -0.4 is 0 Å². The summed E-state index contributed by atoms with van der Waals surface area (Å²) in [6, 6.07) is 6.41. The van der Waals surface area contributed by atoms with Crippen molar-refractivity contribution in [3.05, 3.63) is 34.9 Å². The molecule has 1 aromatic rings. The van der Waals surface area contributed by atoms with Gasteiger partial charge in [0, 0.05) is 0 Å². The van der Waals surface area contributed by atoms with Crippen LogP contribution in [-0.2, 0) is 9.33 Å². The molecule has 1 rings (SSSR count). The predicted molar refractivity (Wildman–Crippen MR) is 43.8 cm³/mol. The van der Waals surface area contributed by atoms with E-state index in [2.05, 4.69) is 9.33 Å². The zero-order chi connectivity index (χ0) is 8.97. The number of hydrogen-bond acceptors (Lipinski definition) is 3. The van der Waals surface area contributed by atoms with Crippen LogP contribution in [0.25, 0.3) is 0 Å². The van der Waals surface area contributed by atoms with Gasteiger partial charge in [0.25, 0.3) is 0 Å². The van der Waals surface area contributed by atoms with Crippen LogP contribution in [0, 0.1) is 0 Å². The van der Waals surface area contributed by atoms with E-state index in [1.54, 1.807) is 18.2 Å². The standard InChI is InChI=1S/C7H4Cl2O3/c8-6-4-2-1-3-5(6)7(10)11-12-9/h1-4H. The zero-order valence-corrected chi connectivity index (χ0v) is 7.30. The fourth-order valence-electron chi connectivity index (χ4n) is 0.700. The molecular weight excluding hydrogens is 203 g/mol. The molecule has 0 atom stereocenters. The molecule has 64 valence electrons. The van der Waals surface area contributed by atoms with E-state index in [4.69, 9.17) is 23.5 Å². The van der Waals surface area contributed by atoms with Crippen LogP contribution in [0.2, 0.25) is 5.02 Å². The first kappa shape index (κ1) is 9.32. The van der Waals surface area contributed by atoms with Crippen LogP contribution in [0.3, 0.4) is 0 Å². The van der Waals surface area contributed by atoms with Crippen molar-refractivity contribution in [3.63, 3.8) is 0 Å². The second kappa shape index (κ2) is 4.30. The molecular formula is C7H4Cl2O3. The Kier molecular flexibility index (Phi) is 3.34. The van der Waals surface area contributed by atoms with Crippen LogP contribution >= 0.6 is 23.5 Å². The Morgan fingerprint density at radius 1 is 1.33 bits per heavy atom. The Hall–Kier alpha value is -0.770. The lowest BCUT2D eigenvalue weighted by molar-refractivity contribution is -0.144. The van der Waals surface area contributed by atoms with Gasteiger partial charge in [0.15, 0.2) is 0 Å². The lowest BCUT2D eigenvalue weighted by Gasteiger charge is -1.98. The predicted octanol–water partition coefficient (Wildman–Crippen LogP) is 2.58. The number of benzene rings is 1. The van der Waals surface area contributed by atoms with E-state index in [-0.39, 0.29) is 10.6 Å². The van der Waals surface area contributed by atoms with Crippen LogP contribution in [0.5, 0.6) is 0 Å². The summed E-state index contributed by atoms with van der Waals surface area (Å²) in [7, 11) is 0. The number of rotatable bonds is 2. The smallest absolute Gasteiger partial charge is 0.275 e. The van der Waals surface area contributed by atoms with Crippen molar-refractivity contribution in [3.8, 4) is 0 Å². The van der Waals surface area contributed by atoms with Gasteiger partial charge in [-0.2, -0.15) is 0 Å². The highest BCUT2D eigenvalue weighted by molar-refractivity contribution is 6.33. The zero-order valence-electron chi connectivity index (χ0n) is 5.79. The average molecular weight is 207 g/mol. The topological polar surface area (TPSA) is 35.5 Å². The minimum Gasteiger partial charge on any atom is -0.275 e. The molecule has 0 aliphatic carbocycles. The first-order chi connectivity index (χ1) is 5.75. The summed E-state index contributed by atoms with van der Waals surface area (Å²) in [5.74, 6) is -0.726. The van der Waals surface area contributed by atoms with Gasteiger partial charge in [-0.25, -0.2) is 4.79 Å². The molecule has 0 saturated heterocycles. The third-order valence-electron chi connectivity index (χ3n) is 1.20. The molecule has 0 radical (unpaired) electrons. The van der Waals surface area contributed by atoms with Crippen LogP contribution in [-0.4, -0.2) is 5.97 Å². The maximum Gasteiger partial charge on any atom is 0.376 e. The highest BCUT2D eigenvalue weighted by Crippen LogP contribution is 2.15. The van der Waals surface area contributed by atoms with Crippen molar-refractivity contribution >= 4 is 29.4 Å². The second-order valence-electron chi connectivity index (χ2n) is 1.91. The first-order valence-electron chi connectivity index (χ1n) is 3.00. The van der Waals surface area contributed by atoms with Gasteiger partial charge in [0.2, 0.25) is 0 Å². The molecule has 0 amide bonds. The summed E-state index contributed by atoms with van der Waals surface area (Å²) in [5.41, 5.74) is 0.208. The summed E-state index contributed by atoms with van der Waals surface area (Å²) >= 11 is 10.4. The number of hydrogen-bond donors (Lipinski definition) is 0. The van der Waals surface area contributed by atoms with Crippen molar-refractivity contribution in [2.45, 2.75) is 0 Å². The molecule has 0 unspecified atom stereocenters. The van der Waals surface area contributed by atoms with Crippen molar-refractivity contribution < 1.29 is 14.1 Å². The van der Waals surface area contributed by atoms with Gasteiger partial charge >= 0.3 is 5.97 Å². The monoisotopic (exact) mass is 206 g/mol. The lowest BCUT2D eigenvalue weighted by atomic mass is 10.2. The number of carbonyl (C=O) groups is 1. The Balaban J connectivity index is 2.87. The first-order valence-corrected chi connectivity index (χ1v) is 3.68. The minimum absolute atomic E-state index is 0.208. The van der Waals surface area contributed by atoms with E-state index in [1.807, 2.05) is 0 Å². The van der Waals surface area contributed by atoms with Gasteiger partial charge in [-0.05, 0) is 12.1 Å². The van der Waals surface area contributed by atoms with Crippen molar-refractivity contribution in [1.29, 1.82) is 0 Å². The Morgan fingerprint density at radius 2 is 2.00 bits per heavy atom. The van der Waals surface area contributed by atoms with E-state index in [9.17, 15) is 4.79 Å². The molecule has 0 saturated carbocycles. The Morgan fingerprint density at radius 3 is 2.58 bits per heavy atom. The summed E-state index contributed by atoms with van der Waals surface area (Å²) in [6.45, 7) is 0. The van der Waals surface area contributed by atoms with Gasteiger partial charge in [-0.3, -0.25) is 4.89 Å². The number of carbonyl (C=O) groups excluding carboxylic acids is 1. The van der Waals surface area contributed by atoms with E-state index in [0.717, 1.165) is 0 Å². The normalized spacial score (nSPS) is 9.50. The molecule has 0 N–H and O–H groups in total. The van der Waals surface area contributed by atoms with E-state index in [0.29, 0.717) is 0 Å². The maximum atomic E-state index is 10.9. The fourth-order valence-corrected chi connectivity index (χ4v) is 0.970. The summed E-state index contributed by atoms with van der Waals surface area (Å²) in [4.78, 5) is 15.0. The van der Waals surface area contributed by atoms with Gasteiger partial charge in [-0.15, -0.1) is 0 Å². The molecule has 12 heavy (non-hydrogen) atoms. The lowest BCUT2D eigenvalue weighted by Crippen LogP contribution is -2.02. The summed E-state index contributed by atoms with van der Waals surface area (Å²) < 4.78 is 3.68. The highest BCUT2D eigenvalue weighted by atomic mass is 35.5. The van der Waals surface area contributed by atoms with Gasteiger partial charge in [0.1, 0.15) is 11.9 Å². The molecule has 0 aliphatic heterocycles. The molecule has 0 heterocycles.